The molecule has 1 fully saturated rings. The Morgan fingerprint density at radius 3 is 2.84 bits per heavy atom. The largest absolute Gasteiger partial charge is 0.331 e. The van der Waals surface area contributed by atoms with Gasteiger partial charge in [-0.2, -0.15) is 0 Å². The Hall–Kier alpha value is -2.15. The summed E-state index contributed by atoms with van der Waals surface area (Å²) in [5, 5.41) is 14.4. The summed E-state index contributed by atoms with van der Waals surface area (Å²) in [6, 6.07) is 3.59. The van der Waals surface area contributed by atoms with E-state index in [9.17, 15) is 10.1 Å². The maximum Gasteiger partial charge on any atom is 0.278 e. The number of nitrogens with zero attached hydrogens (tertiary/aromatic N) is 5. The number of hydrogen-bond donors (Lipinski definition) is 0. The van der Waals surface area contributed by atoms with Crippen LogP contribution in [-0.2, 0) is 6.54 Å². The fourth-order valence-corrected chi connectivity index (χ4v) is 2.86. The lowest BCUT2D eigenvalue weighted by Crippen LogP contribution is -2.31. The molecular weight excluding hydrogens is 342 g/mol. The molecule has 8 heteroatoms. The zero-order valence-corrected chi connectivity index (χ0v) is 15.4. The monoisotopic (exact) mass is 365 g/mol. The first-order chi connectivity index (χ1) is 12.0. The van der Waals surface area contributed by atoms with E-state index in [1.54, 1.807) is 12.3 Å². The molecule has 0 N–H and O–H groups in total. The molecule has 0 amide bonds. The highest BCUT2D eigenvalue weighted by Gasteiger charge is 2.28. The van der Waals surface area contributed by atoms with E-state index in [2.05, 4.69) is 23.9 Å². The van der Waals surface area contributed by atoms with Gasteiger partial charge in [-0.15, -0.1) is 0 Å². The Morgan fingerprint density at radius 1 is 1.44 bits per heavy atom. The SMILES string of the molecule is CCCCC(=CN1CCN(Cc2ccc(Cl)nc2)C1=N[N+](=O)[O-])CC. The van der Waals surface area contributed by atoms with Gasteiger partial charge in [-0.3, -0.25) is 0 Å². The first-order valence-electron chi connectivity index (χ1n) is 8.58. The third-order valence-corrected chi connectivity index (χ3v) is 4.35. The summed E-state index contributed by atoms with van der Waals surface area (Å²) < 4.78 is 0. The molecule has 0 saturated carbocycles. The van der Waals surface area contributed by atoms with Gasteiger partial charge in [-0.1, -0.05) is 43.5 Å². The number of pyridine rings is 1. The van der Waals surface area contributed by atoms with Crippen molar-refractivity contribution in [2.45, 2.75) is 46.1 Å². The normalized spacial score (nSPS) is 16.8. The van der Waals surface area contributed by atoms with Crippen molar-refractivity contribution >= 4 is 17.6 Å². The van der Waals surface area contributed by atoms with E-state index in [4.69, 9.17) is 11.6 Å². The smallest absolute Gasteiger partial charge is 0.278 e. The molecule has 7 nitrogen and oxygen atoms in total. The average Bonchev–Trinajstić information content (AvgIpc) is 2.94. The van der Waals surface area contributed by atoms with Crippen molar-refractivity contribution < 1.29 is 5.03 Å². The maximum absolute atomic E-state index is 11.0. The van der Waals surface area contributed by atoms with Crippen molar-refractivity contribution in [1.82, 2.24) is 14.8 Å². The van der Waals surface area contributed by atoms with Crippen LogP contribution in [0.4, 0.5) is 0 Å². The average molecular weight is 366 g/mol. The molecule has 0 bridgehead atoms. The van der Waals surface area contributed by atoms with E-state index in [0.29, 0.717) is 30.7 Å². The second kappa shape index (κ2) is 9.36. The van der Waals surface area contributed by atoms with Crippen molar-refractivity contribution in [2.24, 2.45) is 5.10 Å². The summed E-state index contributed by atoms with van der Waals surface area (Å²) in [5.41, 5.74) is 2.22. The molecule has 0 radical (unpaired) electrons. The Kier molecular flexibility index (Phi) is 7.18. The molecule has 1 aliphatic rings. The Labute approximate surface area is 153 Å². The molecule has 0 unspecified atom stereocenters. The molecule has 0 atom stereocenters. The predicted molar refractivity (Wildman–Crippen MR) is 98.7 cm³/mol. The van der Waals surface area contributed by atoms with E-state index in [0.717, 1.165) is 31.2 Å². The van der Waals surface area contributed by atoms with Crippen LogP contribution < -0.4 is 0 Å². The minimum atomic E-state index is -0.633. The van der Waals surface area contributed by atoms with Gasteiger partial charge in [0.2, 0.25) is 0 Å². The Balaban J connectivity index is 2.17. The number of nitro groups is 1. The quantitative estimate of drug-likeness (QED) is 0.397. The van der Waals surface area contributed by atoms with Gasteiger partial charge >= 0.3 is 0 Å². The highest BCUT2D eigenvalue weighted by Crippen LogP contribution is 2.19. The van der Waals surface area contributed by atoms with Crippen molar-refractivity contribution in [1.29, 1.82) is 0 Å². The summed E-state index contributed by atoms with van der Waals surface area (Å²) >= 11 is 5.81. The number of halogens is 1. The number of rotatable bonds is 8. The summed E-state index contributed by atoms with van der Waals surface area (Å²) in [6.45, 7) is 6.14. The predicted octanol–water partition coefficient (Wildman–Crippen LogP) is 3.88. The van der Waals surface area contributed by atoms with Crippen LogP contribution in [0.5, 0.6) is 0 Å². The van der Waals surface area contributed by atoms with Crippen molar-refractivity contribution in [3.63, 3.8) is 0 Å². The van der Waals surface area contributed by atoms with E-state index >= 15 is 0 Å². The second-order valence-corrected chi connectivity index (χ2v) is 6.37. The maximum atomic E-state index is 11.0. The van der Waals surface area contributed by atoms with E-state index < -0.39 is 5.03 Å². The Morgan fingerprint density at radius 2 is 2.24 bits per heavy atom. The minimum absolute atomic E-state index is 0.377. The lowest BCUT2D eigenvalue weighted by molar-refractivity contribution is -0.486. The molecular formula is C17H24ClN5O2. The number of allylic oxidation sites excluding steroid dienone is 1. The lowest BCUT2D eigenvalue weighted by atomic mass is 10.1. The number of guanidine groups is 1. The summed E-state index contributed by atoms with van der Waals surface area (Å²) in [7, 11) is 0. The summed E-state index contributed by atoms with van der Waals surface area (Å²) in [5.74, 6) is 0.377. The summed E-state index contributed by atoms with van der Waals surface area (Å²) in [4.78, 5) is 18.8. The molecule has 1 aromatic rings. The van der Waals surface area contributed by atoms with E-state index in [1.807, 2.05) is 22.1 Å². The topological polar surface area (TPSA) is 74.9 Å². The molecule has 136 valence electrons. The van der Waals surface area contributed by atoms with Crippen LogP contribution in [0.2, 0.25) is 5.15 Å². The van der Waals surface area contributed by atoms with Crippen LogP contribution >= 0.6 is 11.6 Å². The van der Waals surface area contributed by atoms with Crippen molar-refractivity contribution in [2.75, 3.05) is 13.1 Å². The van der Waals surface area contributed by atoms with Gasteiger partial charge in [0.05, 0.1) is 0 Å². The van der Waals surface area contributed by atoms with E-state index in [-0.39, 0.29) is 0 Å². The van der Waals surface area contributed by atoms with Crippen LogP contribution in [0.3, 0.4) is 0 Å². The number of hydrogen-bond acceptors (Lipinski definition) is 3. The van der Waals surface area contributed by atoms with Crippen LogP contribution in [0.25, 0.3) is 0 Å². The zero-order valence-electron chi connectivity index (χ0n) is 14.7. The fourth-order valence-electron chi connectivity index (χ4n) is 2.75. The highest BCUT2D eigenvalue weighted by atomic mass is 35.5. The van der Waals surface area contributed by atoms with Crippen LogP contribution in [0, 0.1) is 10.1 Å². The lowest BCUT2D eigenvalue weighted by Gasteiger charge is -2.19. The van der Waals surface area contributed by atoms with Gasteiger partial charge in [0.15, 0.2) is 5.03 Å². The van der Waals surface area contributed by atoms with E-state index in [1.165, 1.54) is 5.57 Å². The molecule has 1 aromatic heterocycles. The standard InChI is InChI=1S/C17H24ClN5O2/c1-3-5-6-14(4-2)12-21-9-10-22(17(21)20-23(24)25)13-15-7-8-16(18)19-11-15/h7-8,11-12H,3-6,9-10,13H2,1-2H3. The zero-order chi connectivity index (χ0) is 18.2. The number of hydrazone groups is 1. The van der Waals surface area contributed by atoms with Crippen LogP contribution in [-0.4, -0.2) is 38.9 Å². The Bertz CT molecular complexity index is 645. The molecule has 0 aromatic carbocycles. The van der Waals surface area contributed by atoms with Crippen LogP contribution in [0.15, 0.2) is 35.2 Å². The molecule has 0 spiro atoms. The van der Waals surface area contributed by atoms with Gasteiger partial charge in [-0.05, 0) is 30.9 Å². The number of unbranched alkanes of at least 4 members (excludes halogenated alkanes) is 1. The molecule has 0 aliphatic carbocycles. The van der Waals surface area contributed by atoms with Crippen molar-refractivity contribution in [3.8, 4) is 0 Å². The number of aromatic nitrogens is 1. The fraction of sp³-hybridized carbons (Fsp3) is 0.529. The third-order valence-electron chi connectivity index (χ3n) is 4.13. The van der Waals surface area contributed by atoms with Gasteiger partial charge < -0.3 is 9.80 Å². The van der Waals surface area contributed by atoms with Gasteiger partial charge in [0.1, 0.15) is 10.3 Å². The third kappa shape index (κ3) is 5.70. The van der Waals surface area contributed by atoms with Gasteiger partial charge in [0, 0.05) is 32.0 Å². The summed E-state index contributed by atoms with van der Waals surface area (Å²) in [6.07, 6.45) is 7.90. The molecule has 1 aliphatic heterocycles. The second-order valence-electron chi connectivity index (χ2n) is 5.99. The first kappa shape index (κ1) is 19.2. The van der Waals surface area contributed by atoms with Crippen molar-refractivity contribution in [3.05, 3.63) is 50.9 Å². The first-order valence-corrected chi connectivity index (χ1v) is 8.95. The highest BCUT2D eigenvalue weighted by molar-refractivity contribution is 6.29. The van der Waals surface area contributed by atoms with Gasteiger partial charge in [-0.25, -0.2) is 15.1 Å². The minimum Gasteiger partial charge on any atom is -0.331 e. The van der Waals surface area contributed by atoms with Gasteiger partial charge in [0.25, 0.3) is 5.96 Å². The molecule has 2 rings (SSSR count). The molecule has 1 saturated heterocycles. The van der Waals surface area contributed by atoms with Crippen LogP contribution in [0.1, 0.15) is 45.1 Å². The molecule has 25 heavy (non-hydrogen) atoms. The molecule has 2 heterocycles.